The van der Waals surface area contributed by atoms with Crippen LogP contribution in [0.4, 0.5) is 5.69 Å². The molecular formula is C26H35N5O. The minimum atomic E-state index is 0.225. The van der Waals surface area contributed by atoms with Crippen molar-refractivity contribution in [2.24, 2.45) is 15.9 Å². The van der Waals surface area contributed by atoms with Crippen LogP contribution in [-0.2, 0) is 11.3 Å². The van der Waals surface area contributed by atoms with Gasteiger partial charge in [0.15, 0.2) is 0 Å². The fourth-order valence-corrected chi connectivity index (χ4v) is 4.52. The Morgan fingerprint density at radius 3 is 2.59 bits per heavy atom. The summed E-state index contributed by atoms with van der Waals surface area (Å²) in [5.74, 6) is 5.70. The first-order chi connectivity index (χ1) is 15.7. The van der Waals surface area contributed by atoms with Crippen molar-refractivity contribution in [1.82, 2.24) is 4.90 Å². The number of hydrazone groups is 1. The van der Waals surface area contributed by atoms with Crippen LogP contribution < -0.4 is 10.7 Å². The number of rotatable bonds is 7. The Labute approximate surface area is 191 Å². The minimum absolute atomic E-state index is 0.225. The van der Waals surface area contributed by atoms with Gasteiger partial charge in [0.05, 0.1) is 12.6 Å². The highest BCUT2D eigenvalue weighted by Gasteiger charge is 2.18. The van der Waals surface area contributed by atoms with Crippen LogP contribution in [0.5, 0.6) is 0 Å². The van der Waals surface area contributed by atoms with Crippen molar-refractivity contribution in [1.29, 1.82) is 0 Å². The van der Waals surface area contributed by atoms with E-state index in [-0.39, 0.29) is 6.10 Å². The molecular weight excluding hydrogens is 398 g/mol. The zero-order valence-corrected chi connectivity index (χ0v) is 19.1. The van der Waals surface area contributed by atoms with Crippen molar-refractivity contribution in [2.45, 2.75) is 38.8 Å². The lowest BCUT2D eigenvalue weighted by Crippen LogP contribution is -2.46. The molecule has 6 heteroatoms. The third-order valence-electron chi connectivity index (χ3n) is 6.41. The van der Waals surface area contributed by atoms with Gasteiger partial charge < -0.3 is 15.5 Å². The second-order valence-electron chi connectivity index (χ2n) is 8.75. The molecule has 2 fully saturated rings. The zero-order valence-electron chi connectivity index (χ0n) is 19.1. The van der Waals surface area contributed by atoms with E-state index in [9.17, 15) is 0 Å². The maximum absolute atomic E-state index is 5.75. The molecule has 0 amide bonds. The highest BCUT2D eigenvalue weighted by molar-refractivity contribution is 6.38. The molecule has 2 N–H and O–H groups in total. The Bertz CT molecular complexity index is 913. The molecule has 170 valence electrons. The van der Waals surface area contributed by atoms with Crippen LogP contribution >= 0.6 is 0 Å². The summed E-state index contributed by atoms with van der Waals surface area (Å²) in [5.41, 5.74) is 5.56. The normalized spacial score (nSPS) is 20.7. The molecule has 0 spiro atoms. The molecule has 2 aromatic carbocycles. The van der Waals surface area contributed by atoms with Gasteiger partial charge in [0, 0.05) is 56.8 Å². The first-order valence-electron chi connectivity index (χ1n) is 11.7. The van der Waals surface area contributed by atoms with Crippen LogP contribution in [0.2, 0.25) is 0 Å². The Kier molecular flexibility index (Phi) is 7.91. The number of aryl methyl sites for hydroxylation is 1. The maximum Gasteiger partial charge on any atom is 0.108 e. The van der Waals surface area contributed by atoms with Gasteiger partial charge in [0.2, 0.25) is 0 Å². The van der Waals surface area contributed by atoms with Crippen LogP contribution in [0, 0.1) is 6.92 Å². The summed E-state index contributed by atoms with van der Waals surface area (Å²) < 4.78 is 5.75. The molecule has 2 aromatic rings. The van der Waals surface area contributed by atoms with Crippen molar-refractivity contribution >= 4 is 17.6 Å². The standard InChI is InChI=1S/C26H35N5O/c1-21-17-23(31-14-12-30(13-15-31)20-22-7-3-2-4-8-22)10-11-25(21)26(29-27)19-28-18-24-9-5-6-16-32-24/h2-4,7-8,10-11,17,19,24H,5-6,9,12-16,18,20,27H2,1H3/b28-19?,29-26+. The van der Waals surface area contributed by atoms with Gasteiger partial charge in [-0.3, -0.25) is 9.89 Å². The molecule has 6 nitrogen and oxygen atoms in total. The first kappa shape index (κ1) is 22.5. The van der Waals surface area contributed by atoms with Gasteiger partial charge >= 0.3 is 0 Å². The lowest BCUT2D eigenvalue weighted by molar-refractivity contribution is 0.0226. The maximum atomic E-state index is 5.75. The van der Waals surface area contributed by atoms with E-state index in [1.807, 2.05) is 0 Å². The number of aliphatic imine (C=N–C) groups is 1. The van der Waals surface area contributed by atoms with Gasteiger partial charge in [0.25, 0.3) is 0 Å². The molecule has 32 heavy (non-hydrogen) atoms. The topological polar surface area (TPSA) is 66.5 Å². The Hall–Kier alpha value is -2.70. The van der Waals surface area contributed by atoms with Crippen LogP contribution in [0.25, 0.3) is 0 Å². The Morgan fingerprint density at radius 1 is 1.09 bits per heavy atom. The molecule has 0 saturated carbocycles. The van der Waals surface area contributed by atoms with E-state index in [4.69, 9.17) is 10.6 Å². The summed E-state index contributed by atoms with van der Waals surface area (Å²) in [4.78, 5) is 9.55. The lowest BCUT2D eigenvalue weighted by Gasteiger charge is -2.36. The van der Waals surface area contributed by atoms with Gasteiger partial charge in [-0.25, -0.2) is 0 Å². The Morgan fingerprint density at radius 2 is 1.91 bits per heavy atom. The molecule has 1 unspecified atom stereocenters. The summed E-state index contributed by atoms with van der Waals surface area (Å²) in [5, 5.41) is 4.00. The molecule has 0 aromatic heterocycles. The molecule has 2 aliphatic heterocycles. The predicted octanol–water partition coefficient (Wildman–Crippen LogP) is 3.62. The Balaban J connectivity index is 1.33. The third-order valence-corrected chi connectivity index (χ3v) is 6.41. The number of ether oxygens (including phenoxy) is 1. The summed E-state index contributed by atoms with van der Waals surface area (Å²) in [7, 11) is 0. The van der Waals surface area contributed by atoms with Crippen LogP contribution in [0.1, 0.15) is 36.0 Å². The van der Waals surface area contributed by atoms with Crippen LogP contribution in [0.3, 0.4) is 0 Å². The third kappa shape index (κ3) is 5.96. The van der Waals surface area contributed by atoms with Gasteiger partial charge in [-0.2, -0.15) is 5.10 Å². The van der Waals surface area contributed by atoms with E-state index in [1.165, 1.54) is 23.2 Å². The quantitative estimate of drug-likeness (QED) is 0.411. The highest BCUT2D eigenvalue weighted by Crippen LogP contribution is 2.22. The summed E-state index contributed by atoms with van der Waals surface area (Å²) in [6.07, 6.45) is 5.48. The number of nitrogens with two attached hydrogens (primary N) is 1. The van der Waals surface area contributed by atoms with Crippen molar-refractivity contribution in [3.63, 3.8) is 0 Å². The second-order valence-corrected chi connectivity index (χ2v) is 8.75. The monoisotopic (exact) mass is 433 g/mol. The molecule has 2 heterocycles. The number of piperazine rings is 1. The van der Waals surface area contributed by atoms with Crippen LogP contribution in [0.15, 0.2) is 58.6 Å². The average molecular weight is 434 g/mol. The van der Waals surface area contributed by atoms with Crippen molar-refractivity contribution in [3.05, 3.63) is 65.2 Å². The second kappa shape index (κ2) is 11.2. The first-order valence-corrected chi connectivity index (χ1v) is 11.7. The molecule has 4 rings (SSSR count). The molecule has 2 saturated heterocycles. The fourth-order valence-electron chi connectivity index (χ4n) is 4.52. The van der Waals surface area contributed by atoms with Gasteiger partial charge in [-0.05, 0) is 49.4 Å². The van der Waals surface area contributed by atoms with Gasteiger partial charge in [-0.15, -0.1) is 0 Å². The largest absolute Gasteiger partial charge is 0.376 e. The molecule has 2 aliphatic rings. The summed E-state index contributed by atoms with van der Waals surface area (Å²) in [6, 6.07) is 17.3. The smallest absolute Gasteiger partial charge is 0.108 e. The predicted molar refractivity (Wildman–Crippen MR) is 133 cm³/mol. The van der Waals surface area contributed by atoms with Crippen LogP contribution in [-0.4, -0.2) is 62.3 Å². The average Bonchev–Trinajstić information content (AvgIpc) is 2.84. The highest BCUT2D eigenvalue weighted by atomic mass is 16.5. The molecule has 0 radical (unpaired) electrons. The summed E-state index contributed by atoms with van der Waals surface area (Å²) in [6.45, 7) is 8.87. The van der Waals surface area contributed by atoms with E-state index >= 15 is 0 Å². The van der Waals surface area contributed by atoms with E-state index < -0.39 is 0 Å². The molecule has 0 bridgehead atoms. The van der Waals surface area contributed by atoms with Crippen molar-refractivity contribution in [3.8, 4) is 0 Å². The number of anilines is 1. The van der Waals surface area contributed by atoms with E-state index in [0.29, 0.717) is 6.54 Å². The number of hydrogen-bond acceptors (Lipinski definition) is 6. The van der Waals surface area contributed by atoms with Crippen molar-refractivity contribution < 1.29 is 4.74 Å². The number of nitrogens with zero attached hydrogens (tertiary/aromatic N) is 4. The molecule has 1 atom stereocenters. The SMILES string of the molecule is Cc1cc(N2CCN(Cc3ccccc3)CC2)ccc1/C(C=NCC1CCCCO1)=N/N. The zero-order chi connectivity index (χ0) is 22.2. The minimum Gasteiger partial charge on any atom is -0.376 e. The number of benzene rings is 2. The van der Waals surface area contributed by atoms with Gasteiger partial charge in [0.1, 0.15) is 5.71 Å². The fraction of sp³-hybridized carbons (Fsp3) is 0.462. The lowest BCUT2D eigenvalue weighted by atomic mass is 10.0. The number of hydrogen-bond donors (Lipinski definition) is 1. The summed E-state index contributed by atoms with van der Waals surface area (Å²) >= 11 is 0. The van der Waals surface area contributed by atoms with Crippen molar-refractivity contribution in [2.75, 3.05) is 44.2 Å². The van der Waals surface area contributed by atoms with E-state index in [0.717, 1.165) is 63.4 Å². The van der Waals surface area contributed by atoms with E-state index in [1.54, 1.807) is 6.21 Å². The van der Waals surface area contributed by atoms with E-state index in [2.05, 4.69) is 75.3 Å². The molecule has 0 aliphatic carbocycles. The van der Waals surface area contributed by atoms with Gasteiger partial charge in [-0.1, -0.05) is 36.4 Å².